The average Bonchev–Trinajstić information content (AvgIpc) is 2.18. The van der Waals surface area contributed by atoms with Crippen LogP contribution >= 0.6 is 15.9 Å². The minimum absolute atomic E-state index is 0.0253. The normalized spacial score (nSPS) is 9.57. The fourth-order valence-corrected chi connectivity index (χ4v) is 1.60. The quantitative estimate of drug-likeness (QED) is 0.834. The standard InChI is InChI=1S/C11H12BrNO/c1-3-6-13(2)11-7-10(12)5-4-9(11)8-14/h1,4-5,7,14H,6,8H2,2H3. The van der Waals surface area contributed by atoms with E-state index in [9.17, 15) is 0 Å². The van der Waals surface area contributed by atoms with Crippen LogP contribution in [0.3, 0.4) is 0 Å². The summed E-state index contributed by atoms with van der Waals surface area (Å²) in [4.78, 5) is 1.93. The lowest BCUT2D eigenvalue weighted by molar-refractivity contribution is 0.282. The summed E-state index contributed by atoms with van der Waals surface area (Å²) >= 11 is 3.38. The molecule has 1 N–H and O–H groups in total. The highest BCUT2D eigenvalue weighted by molar-refractivity contribution is 9.10. The van der Waals surface area contributed by atoms with Crippen molar-refractivity contribution in [2.45, 2.75) is 6.61 Å². The number of benzene rings is 1. The topological polar surface area (TPSA) is 23.5 Å². The van der Waals surface area contributed by atoms with Gasteiger partial charge in [0.25, 0.3) is 0 Å². The van der Waals surface area contributed by atoms with Crippen molar-refractivity contribution in [1.29, 1.82) is 0 Å². The summed E-state index contributed by atoms with van der Waals surface area (Å²) in [7, 11) is 1.90. The van der Waals surface area contributed by atoms with E-state index in [-0.39, 0.29) is 6.61 Å². The molecule has 0 spiro atoms. The van der Waals surface area contributed by atoms with Crippen LogP contribution in [-0.4, -0.2) is 18.7 Å². The summed E-state index contributed by atoms with van der Waals surface area (Å²) in [6.07, 6.45) is 5.23. The Hall–Kier alpha value is -0.980. The van der Waals surface area contributed by atoms with Crippen LogP contribution in [0.25, 0.3) is 0 Å². The largest absolute Gasteiger partial charge is 0.392 e. The third kappa shape index (κ3) is 2.50. The van der Waals surface area contributed by atoms with Gasteiger partial charge >= 0.3 is 0 Å². The van der Waals surface area contributed by atoms with Gasteiger partial charge in [-0.15, -0.1) is 6.42 Å². The molecule has 0 amide bonds. The summed E-state index contributed by atoms with van der Waals surface area (Å²) in [5.74, 6) is 2.57. The molecule has 0 unspecified atom stereocenters. The maximum Gasteiger partial charge on any atom is 0.0788 e. The SMILES string of the molecule is C#CCN(C)c1cc(Br)ccc1CO. The van der Waals surface area contributed by atoms with E-state index in [0.29, 0.717) is 6.54 Å². The molecule has 74 valence electrons. The molecule has 0 atom stereocenters. The van der Waals surface area contributed by atoms with Crippen LogP contribution in [0.4, 0.5) is 5.69 Å². The van der Waals surface area contributed by atoms with Crippen molar-refractivity contribution >= 4 is 21.6 Å². The van der Waals surface area contributed by atoms with E-state index >= 15 is 0 Å². The third-order valence-corrected chi connectivity index (χ3v) is 2.45. The highest BCUT2D eigenvalue weighted by Crippen LogP contribution is 2.24. The maximum atomic E-state index is 9.13. The molecule has 0 heterocycles. The van der Waals surface area contributed by atoms with Gasteiger partial charge in [-0.05, 0) is 12.1 Å². The van der Waals surface area contributed by atoms with Gasteiger partial charge in [-0.2, -0.15) is 0 Å². The lowest BCUT2D eigenvalue weighted by Gasteiger charge is -2.19. The highest BCUT2D eigenvalue weighted by atomic mass is 79.9. The molecule has 0 saturated heterocycles. The van der Waals surface area contributed by atoms with Crippen LogP contribution in [0.15, 0.2) is 22.7 Å². The zero-order valence-electron chi connectivity index (χ0n) is 8.00. The summed E-state index contributed by atoms with van der Waals surface area (Å²) in [5.41, 5.74) is 1.84. The monoisotopic (exact) mass is 253 g/mol. The van der Waals surface area contributed by atoms with Gasteiger partial charge in [-0.3, -0.25) is 0 Å². The predicted molar refractivity (Wildman–Crippen MR) is 62.2 cm³/mol. The molecule has 0 saturated carbocycles. The van der Waals surface area contributed by atoms with Gasteiger partial charge in [0.2, 0.25) is 0 Å². The number of hydrogen-bond acceptors (Lipinski definition) is 2. The number of halogens is 1. The lowest BCUT2D eigenvalue weighted by Crippen LogP contribution is -2.18. The first-order valence-corrected chi connectivity index (χ1v) is 5.02. The van der Waals surface area contributed by atoms with Gasteiger partial charge in [0.15, 0.2) is 0 Å². The number of hydrogen-bond donors (Lipinski definition) is 1. The molecule has 0 aliphatic carbocycles. The van der Waals surface area contributed by atoms with Crippen LogP contribution in [-0.2, 0) is 6.61 Å². The zero-order valence-corrected chi connectivity index (χ0v) is 9.58. The Morgan fingerprint density at radius 1 is 1.57 bits per heavy atom. The van der Waals surface area contributed by atoms with E-state index in [2.05, 4.69) is 21.9 Å². The van der Waals surface area contributed by atoms with Crippen molar-refractivity contribution in [1.82, 2.24) is 0 Å². The summed E-state index contributed by atoms with van der Waals surface area (Å²) in [6, 6.07) is 5.73. The van der Waals surface area contributed by atoms with Crippen molar-refractivity contribution in [2.75, 3.05) is 18.5 Å². The molecule has 0 radical (unpaired) electrons. The van der Waals surface area contributed by atoms with Gasteiger partial charge in [-0.25, -0.2) is 0 Å². The Balaban J connectivity index is 3.04. The van der Waals surface area contributed by atoms with E-state index in [1.165, 1.54) is 0 Å². The predicted octanol–water partition coefficient (Wildman–Crippen LogP) is 2.01. The minimum Gasteiger partial charge on any atom is -0.392 e. The van der Waals surface area contributed by atoms with E-state index in [0.717, 1.165) is 15.7 Å². The van der Waals surface area contributed by atoms with Gasteiger partial charge in [0, 0.05) is 22.8 Å². The van der Waals surface area contributed by atoms with Crippen molar-refractivity contribution in [3.63, 3.8) is 0 Å². The molecule has 0 bridgehead atoms. The first-order valence-electron chi connectivity index (χ1n) is 4.23. The molecule has 0 aliphatic heterocycles. The molecule has 2 nitrogen and oxygen atoms in total. The Morgan fingerprint density at radius 2 is 2.29 bits per heavy atom. The molecular weight excluding hydrogens is 242 g/mol. The first kappa shape index (κ1) is 11.1. The van der Waals surface area contributed by atoms with Crippen LogP contribution in [0.1, 0.15) is 5.56 Å². The van der Waals surface area contributed by atoms with Crippen molar-refractivity contribution in [2.24, 2.45) is 0 Å². The Labute approximate surface area is 92.7 Å². The van der Waals surface area contributed by atoms with Gasteiger partial charge < -0.3 is 10.0 Å². The van der Waals surface area contributed by atoms with Crippen LogP contribution in [0.5, 0.6) is 0 Å². The highest BCUT2D eigenvalue weighted by Gasteiger charge is 2.06. The fraction of sp³-hybridized carbons (Fsp3) is 0.273. The molecule has 0 fully saturated rings. The van der Waals surface area contributed by atoms with Gasteiger partial charge in [-0.1, -0.05) is 27.9 Å². The lowest BCUT2D eigenvalue weighted by atomic mass is 10.2. The molecule has 3 heteroatoms. The number of terminal acetylenes is 1. The second-order valence-corrected chi connectivity index (χ2v) is 3.91. The van der Waals surface area contributed by atoms with E-state index in [1.807, 2.05) is 30.1 Å². The first-order chi connectivity index (χ1) is 6.69. The number of nitrogens with zero attached hydrogens (tertiary/aromatic N) is 1. The Morgan fingerprint density at radius 3 is 2.86 bits per heavy atom. The van der Waals surface area contributed by atoms with Crippen LogP contribution in [0.2, 0.25) is 0 Å². The van der Waals surface area contributed by atoms with Crippen molar-refractivity contribution < 1.29 is 5.11 Å². The number of aliphatic hydroxyl groups excluding tert-OH is 1. The minimum atomic E-state index is 0.0253. The second kappa shape index (κ2) is 5.04. The molecule has 0 aromatic heterocycles. The zero-order chi connectivity index (χ0) is 10.6. The third-order valence-electron chi connectivity index (χ3n) is 1.96. The van der Waals surface area contributed by atoms with E-state index in [4.69, 9.17) is 11.5 Å². The molecule has 14 heavy (non-hydrogen) atoms. The Kier molecular flexibility index (Phi) is 3.99. The molecule has 1 aromatic rings. The fourth-order valence-electron chi connectivity index (χ4n) is 1.25. The van der Waals surface area contributed by atoms with Crippen LogP contribution < -0.4 is 4.90 Å². The summed E-state index contributed by atoms with van der Waals surface area (Å²) in [6.45, 7) is 0.557. The van der Waals surface area contributed by atoms with E-state index in [1.54, 1.807) is 0 Å². The molecule has 1 rings (SSSR count). The van der Waals surface area contributed by atoms with Crippen LogP contribution in [0, 0.1) is 12.3 Å². The number of aliphatic hydroxyl groups is 1. The molecule has 1 aromatic carbocycles. The average molecular weight is 254 g/mol. The van der Waals surface area contributed by atoms with Gasteiger partial charge in [0.05, 0.1) is 13.2 Å². The van der Waals surface area contributed by atoms with Crippen molar-refractivity contribution in [3.8, 4) is 12.3 Å². The molecule has 0 aliphatic rings. The number of rotatable bonds is 3. The smallest absolute Gasteiger partial charge is 0.0788 e. The summed E-state index contributed by atoms with van der Waals surface area (Å²) < 4.78 is 0.980. The van der Waals surface area contributed by atoms with Crippen molar-refractivity contribution in [3.05, 3.63) is 28.2 Å². The summed E-state index contributed by atoms with van der Waals surface area (Å²) in [5, 5.41) is 9.13. The maximum absolute atomic E-state index is 9.13. The van der Waals surface area contributed by atoms with Gasteiger partial charge in [0.1, 0.15) is 0 Å². The molecular formula is C11H12BrNO. The van der Waals surface area contributed by atoms with E-state index < -0.39 is 0 Å². The Bertz CT molecular complexity index is 357. The number of anilines is 1. The second-order valence-electron chi connectivity index (χ2n) is 2.99.